The largest absolute Gasteiger partial charge is 0.416 e. The van der Waals surface area contributed by atoms with E-state index in [0.717, 1.165) is 28.8 Å². The topological polar surface area (TPSA) is 85.8 Å². The molecule has 2 aromatic heterocycles. The SMILES string of the molecule is Nc1ccc(-c2ccsc2)cc1NC(=O)c1cn(CCc2ccc(C(F)(F)F)cc2)nn1. The summed E-state index contributed by atoms with van der Waals surface area (Å²) >= 11 is 1.57. The lowest BCUT2D eigenvalue weighted by atomic mass is 10.1. The van der Waals surface area contributed by atoms with Crippen LogP contribution in [0.2, 0.25) is 0 Å². The highest BCUT2D eigenvalue weighted by Crippen LogP contribution is 2.30. The lowest BCUT2D eigenvalue weighted by Crippen LogP contribution is -2.13. The van der Waals surface area contributed by atoms with Crippen molar-refractivity contribution in [2.45, 2.75) is 19.1 Å². The third-order valence-corrected chi connectivity index (χ3v) is 5.52. The first-order valence-electron chi connectivity index (χ1n) is 9.59. The maximum absolute atomic E-state index is 12.7. The summed E-state index contributed by atoms with van der Waals surface area (Å²) in [6.45, 7) is 0.363. The van der Waals surface area contributed by atoms with E-state index in [9.17, 15) is 18.0 Å². The van der Waals surface area contributed by atoms with Crippen LogP contribution in [0.25, 0.3) is 11.1 Å². The summed E-state index contributed by atoms with van der Waals surface area (Å²) in [6, 6.07) is 12.3. The van der Waals surface area contributed by atoms with Crippen LogP contribution in [-0.2, 0) is 19.1 Å². The molecule has 0 aliphatic heterocycles. The fourth-order valence-corrected chi connectivity index (χ4v) is 3.74. The number of amides is 1. The number of nitrogens with zero attached hydrogens (tertiary/aromatic N) is 3. The Labute approximate surface area is 185 Å². The molecule has 32 heavy (non-hydrogen) atoms. The monoisotopic (exact) mass is 457 g/mol. The number of nitrogens with two attached hydrogens (primary N) is 1. The normalized spacial score (nSPS) is 11.5. The second-order valence-corrected chi connectivity index (χ2v) is 7.86. The van der Waals surface area contributed by atoms with Crippen molar-refractivity contribution in [3.63, 3.8) is 0 Å². The number of carbonyl (C=O) groups excluding carboxylic acids is 1. The molecule has 1 amide bonds. The number of hydrogen-bond donors (Lipinski definition) is 2. The van der Waals surface area contributed by atoms with E-state index in [1.54, 1.807) is 23.5 Å². The van der Waals surface area contributed by atoms with Crippen molar-refractivity contribution in [2.24, 2.45) is 0 Å². The minimum atomic E-state index is -4.36. The third kappa shape index (κ3) is 4.97. The van der Waals surface area contributed by atoms with Crippen molar-refractivity contribution in [1.82, 2.24) is 15.0 Å². The predicted molar refractivity (Wildman–Crippen MR) is 117 cm³/mol. The average Bonchev–Trinajstić information content (AvgIpc) is 3.46. The average molecular weight is 457 g/mol. The Kier molecular flexibility index (Phi) is 5.95. The quantitative estimate of drug-likeness (QED) is 0.395. The molecular weight excluding hydrogens is 439 g/mol. The van der Waals surface area contributed by atoms with Crippen LogP contribution in [0.5, 0.6) is 0 Å². The van der Waals surface area contributed by atoms with Crippen LogP contribution in [-0.4, -0.2) is 20.9 Å². The fourth-order valence-electron chi connectivity index (χ4n) is 3.07. The van der Waals surface area contributed by atoms with Crippen molar-refractivity contribution in [2.75, 3.05) is 11.1 Å². The molecule has 0 aliphatic carbocycles. The van der Waals surface area contributed by atoms with E-state index in [4.69, 9.17) is 5.73 Å². The zero-order valence-electron chi connectivity index (χ0n) is 16.6. The number of hydrogen-bond acceptors (Lipinski definition) is 5. The molecule has 6 nitrogen and oxygen atoms in total. The fraction of sp³-hybridized carbons (Fsp3) is 0.136. The van der Waals surface area contributed by atoms with Crippen molar-refractivity contribution in [3.05, 3.63) is 82.3 Å². The molecule has 4 rings (SSSR count). The summed E-state index contributed by atoms with van der Waals surface area (Å²) in [5, 5.41) is 14.5. The summed E-state index contributed by atoms with van der Waals surface area (Å²) in [5.74, 6) is -0.458. The van der Waals surface area contributed by atoms with E-state index < -0.39 is 17.6 Å². The number of benzene rings is 2. The van der Waals surface area contributed by atoms with Gasteiger partial charge in [-0.15, -0.1) is 5.10 Å². The van der Waals surface area contributed by atoms with Gasteiger partial charge in [-0.05, 0) is 64.2 Å². The van der Waals surface area contributed by atoms with Crippen molar-refractivity contribution in [3.8, 4) is 11.1 Å². The van der Waals surface area contributed by atoms with Crippen molar-refractivity contribution >= 4 is 28.6 Å². The smallest absolute Gasteiger partial charge is 0.397 e. The van der Waals surface area contributed by atoms with Gasteiger partial charge in [0.15, 0.2) is 5.69 Å². The Balaban J connectivity index is 1.39. The summed E-state index contributed by atoms with van der Waals surface area (Å²) in [7, 11) is 0. The van der Waals surface area contributed by atoms with E-state index in [1.165, 1.54) is 23.0 Å². The molecule has 0 saturated heterocycles. The first-order valence-corrected chi connectivity index (χ1v) is 10.5. The van der Waals surface area contributed by atoms with E-state index in [2.05, 4.69) is 15.6 Å². The molecule has 3 N–H and O–H groups in total. The van der Waals surface area contributed by atoms with Crippen LogP contribution in [0, 0.1) is 0 Å². The van der Waals surface area contributed by atoms with E-state index in [-0.39, 0.29) is 5.69 Å². The minimum Gasteiger partial charge on any atom is -0.397 e. The number of nitrogen functional groups attached to an aromatic ring is 1. The van der Waals surface area contributed by atoms with Crippen LogP contribution < -0.4 is 11.1 Å². The molecule has 10 heteroatoms. The number of rotatable bonds is 6. The van der Waals surface area contributed by atoms with Crippen LogP contribution in [0.4, 0.5) is 24.5 Å². The molecule has 0 spiro atoms. The number of halogens is 3. The van der Waals surface area contributed by atoms with Gasteiger partial charge in [-0.2, -0.15) is 24.5 Å². The van der Waals surface area contributed by atoms with Gasteiger partial charge in [0.2, 0.25) is 0 Å². The second-order valence-electron chi connectivity index (χ2n) is 7.08. The summed E-state index contributed by atoms with van der Waals surface area (Å²) < 4.78 is 39.4. The molecule has 164 valence electrons. The molecule has 0 atom stereocenters. The first-order chi connectivity index (χ1) is 15.3. The predicted octanol–water partition coefficient (Wildman–Crippen LogP) is 5.10. The number of carbonyl (C=O) groups is 1. The third-order valence-electron chi connectivity index (χ3n) is 4.84. The van der Waals surface area contributed by atoms with Crippen LogP contribution in [0.1, 0.15) is 21.6 Å². The number of anilines is 2. The minimum absolute atomic E-state index is 0.109. The summed E-state index contributed by atoms with van der Waals surface area (Å²) in [4.78, 5) is 12.6. The van der Waals surface area contributed by atoms with Crippen LogP contribution in [0.3, 0.4) is 0 Å². The number of nitrogens with one attached hydrogen (secondary N) is 1. The maximum Gasteiger partial charge on any atom is 0.416 e. The highest BCUT2D eigenvalue weighted by atomic mass is 32.1. The molecule has 0 radical (unpaired) electrons. The van der Waals surface area contributed by atoms with Gasteiger partial charge in [-0.3, -0.25) is 9.48 Å². The zero-order chi connectivity index (χ0) is 22.7. The zero-order valence-corrected chi connectivity index (χ0v) is 17.5. The lowest BCUT2D eigenvalue weighted by molar-refractivity contribution is -0.137. The van der Waals surface area contributed by atoms with Gasteiger partial charge in [-0.25, -0.2) is 0 Å². The molecule has 0 bridgehead atoms. The number of aromatic nitrogens is 3. The Morgan fingerprint density at radius 1 is 1.09 bits per heavy atom. The second kappa shape index (κ2) is 8.83. The van der Waals surface area contributed by atoms with Gasteiger partial charge in [0.1, 0.15) is 0 Å². The molecule has 0 aliphatic rings. The number of aryl methyl sites for hydroxylation is 2. The highest BCUT2D eigenvalue weighted by Gasteiger charge is 2.29. The van der Waals surface area contributed by atoms with E-state index >= 15 is 0 Å². The molecule has 2 heterocycles. The van der Waals surface area contributed by atoms with E-state index in [1.807, 2.05) is 22.9 Å². The lowest BCUT2D eigenvalue weighted by Gasteiger charge is -2.09. The highest BCUT2D eigenvalue weighted by molar-refractivity contribution is 7.08. The number of alkyl halides is 3. The van der Waals surface area contributed by atoms with Gasteiger partial charge < -0.3 is 11.1 Å². The Hall–Kier alpha value is -3.66. The molecule has 0 fully saturated rings. The van der Waals surface area contributed by atoms with Gasteiger partial charge >= 0.3 is 6.18 Å². The van der Waals surface area contributed by atoms with Gasteiger partial charge in [0, 0.05) is 6.54 Å². The number of thiophene rings is 1. The summed E-state index contributed by atoms with van der Waals surface area (Å²) in [6.07, 6.45) is -2.43. The van der Waals surface area contributed by atoms with Gasteiger partial charge in [-0.1, -0.05) is 23.4 Å². The van der Waals surface area contributed by atoms with Gasteiger partial charge in [0.25, 0.3) is 5.91 Å². The molecular formula is C22H18F3N5OS. The molecule has 0 saturated carbocycles. The Morgan fingerprint density at radius 2 is 1.88 bits per heavy atom. The van der Waals surface area contributed by atoms with E-state index in [0.29, 0.717) is 24.3 Å². The Morgan fingerprint density at radius 3 is 2.56 bits per heavy atom. The van der Waals surface area contributed by atoms with Crippen LogP contribution in [0.15, 0.2) is 65.5 Å². The summed E-state index contributed by atoms with van der Waals surface area (Å²) in [5.41, 5.74) is 8.99. The molecule has 2 aromatic carbocycles. The first kappa shape index (κ1) is 21.6. The van der Waals surface area contributed by atoms with Crippen LogP contribution >= 0.6 is 11.3 Å². The van der Waals surface area contributed by atoms with Gasteiger partial charge in [0.05, 0.1) is 23.1 Å². The standard InChI is InChI=1S/C22H18F3N5OS/c23-22(24,25)17-4-1-14(2-5-17)7-9-30-12-20(28-29-30)21(31)27-19-11-15(3-6-18(19)26)16-8-10-32-13-16/h1-6,8,10-13H,7,9,26H2,(H,27,31). The maximum atomic E-state index is 12.7. The molecule has 0 unspecified atom stereocenters. The van der Waals surface area contributed by atoms with Crippen molar-refractivity contribution in [1.29, 1.82) is 0 Å². The molecule has 4 aromatic rings. The Bertz CT molecular complexity index is 1220. The van der Waals surface area contributed by atoms with Crippen molar-refractivity contribution < 1.29 is 18.0 Å².